The number of aliphatic carboxylic acids is 1. The zero-order chi connectivity index (χ0) is 29.9. The zero-order valence-corrected chi connectivity index (χ0v) is 25.5. The average Bonchev–Trinajstić information content (AvgIpc) is 3.60. The summed E-state index contributed by atoms with van der Waals surface area (Å²) in [5.41, 5.74) is 5.41. The molecule has 1 N–H and O–H groups in total. The van der Waals surface area contributed by atoms with Gasteiger partial charge in [-0.3, -0.25) is 9.69 Å². The van der Waals surface area contributed by atoms with Crippen LogP contribution in [0.25, 0.3) is 11.3 Å². The van der Waals surface area contributed by atoms with Gasteiger partial charge < -0.3 is 24.2 Å². The number of hydrogen-bond acceptors (Lipinski definition) is 9. The van der Waals surface area contributed by atoms with Crippen LogP contribution >= 0.6 is 11.3 Å². The fourth-order valence-corrected chi connectivity index (χ4v) is 7.71. The van der Waals surface area contributed by atoms with Crippen LogP contribution in [-0.4, -0.2) is 73.6 Å². The minimum absolute atomic E-state index is 0.0682. The molecule has 0 spiro atoms. The monoisotopic (exact) mass is 602 g/mol. The first-order valence-electron chi connectivity index (χ1n) is 14.9. The van der Waals surface area contributed by atoms with Crippen LogP contribution in [0.4, 0.5) is 5.13 Å². The number of aryl methyl sites for hydroxylation is 1. The maximum Gasteiger partial charge on any atom is 0.307 e. The van der Waals surface area contributed by atoms with E-state index in [1.807, 2.05) is 31.2 Å². The summed E-state index contributed by atoms with van der Waals surface area (Å²) >= 11 is 1.60. The number of fused-ring (bicyclic) bond motifs is 2. The number of hydrogen-bond donors (Lipinski definition) is 1. The number of nitriles is 1. The first-order valence-corrected chi connectivity index (χ1v) is 15.8. The number of benzene rings is 2. The van der Waals surface area contributed by atoms with Gasteiger partial charge in [0, 0.05) is 56.3 Å². The van der Waals surface area contributed by atoms with Crippen LogP contribution in [0.15, 0.2) is 41.8 Å². The summed E-state index contributed by atoms with van der Waals surface area (Å²) in [6, 6.07) is 14.5. The zero-order valence-electron chi connectivity index (χ0n) is 24.7. The summed E-state index contributed by atoms with van der Waals surface area (Å²) in [6.07, 6.45) is 2.01. The molecular weight excluding hydrogens is 564 g/mol. The molecule has 6 rings (SSSR count). The SMILES string of the molecule is COCC1CN(Cc2ccc(COc3ccc(C)cc3-c3csc(N4CC5CC[C@H](C4)[C@@H]5C(=O)O)n3)c(C#N)c2)CCO1. The van der Waals surface area contributed by atoms with Crippen LogP contribution in [0.1, 0.15) is 35.1 Å². The van der Waals surface area contributed by atoms with Gasteiger partial charge in [-0.1, -0.05) is 23.8 Å². The van der Waals surface area contributed by atoms with Gasteiger partial charge in [-0.2, -0.15) is 5.26 Å². The standard InChI is InChI=1S/C33H38N4O5S/c1-21-3-8-30(28(11-21)29-20-43-33(35-29)37-15-23-6-7-24(16-37)31(23)32(38)39)42-18-25-5-4-22(12-26(25)13-34)14-36-9-10-41-27(17-36)19-40-2/h3-5,8,11-12,20,23-24,27,31H,6-7,9-10,14-19H2,1-2H3,(H,38,39)/t23-,24?,27?,31+/m1/s1. The lowest BCUT2D eigenvalue weighted by Gasteiger charge is -2.35. The molecule has 2 bridgehead atoms. The Morgan fingerprint density at radius 2 is 2.00 bits per heavy atom. The van der Waals surface area contributed by atoms with E-state index in [-0.39, 0.29) is 30.5 Å². The number of carboxylic acids is 1. The third-order valence-electron chi connectivity index (χ3n) is 8.95. The average molecular weight is 603 g/mol. The highest BCUT2D eigenvalue weighted by Crippen LogP contribution is 2.44. The van der Waals surface area contributed by atoms with E-state index in [9.17, 15) is 15.2 Å². The lowest BCUT2D eigenvalue weighted by molar-refractivity contribution is -0.144. The highest BCUT2D eigenvalue weighted by atomic mass is 32.1. The van der Waals surface area contributed by atoms with Gasteiger partial charge in [-0.15, -0.1) is 11.3 Å². The van der Waals surface area contributed by atoms with Crippen molar-refractivity contribution in [1.82, 2.24) is 9.88 Å². The summed E-state index contributed by atoms with van der Waals surface area (Å²) in [7, 11) is 1.69. The molecule has 3 heterocycles. The van der Waals surface area contributed by atoms with Crippen molar-refractivity contribution in [2.45, 2.75) is 39.0 Å². The van der Waals surface area contributed by atoms with E-state index < -0.39 is 5.97 Å². The van der Waals surface area contributed by atoms with E-state index in [0.717, 1.165) is 84.4 Å². The van der Waals surface area contributed by atoms with Crippen LogP contribution in [0.5, 0.6) is 5.75 Å². The van der Waals surface area contributed by atoms with Crippen LogP contribution in [0.3, 0.4) is 0 Å². The van der Waals surface area contributed by atoms with Gasteiger partial charge in [0.1, 0.15) is 12.4 Å². The number of carboxylic acid groups (broad SMARTS) is 1. The number of piperidine rings is 1. The second-order valence-electron chi connectivity index (χ2n) is 12.0. The van der Waals surface area contributed by atoms with E-state index >= 15 is 0 Å². The number of rotatable bonds is 10. The molecule has 2 aliphatic heterocycles. The molecule has 2 aromatic carbocycles. The lowest BCUT2D eigenvalue weighted by Crippen LogP contribution is -2.44. The minimum atomic E-state index is -0.657. The fraction of sp³-hybridized carbons (Fsp3) is 0.485. The first kappa shape index (κ1) is 29.6. The number of morpholine rings is 1. The van der Waals surface area contributed by atoms with Crippen LogP contribution in [0, 0.1) is 36.0 Å². The summed E-state index contributed by atoms with van der Waals surface area (Å²) in [5.74, 6) is 0.202. The highest BCUT2D eigenvalue weighted by molar-refractivity contribution is 7.14. The number of ether oxygens (including phenoxy) is 3. The minimum Gasteiger partial charge on any atom is -0.488 e. The van der Waals surface area contributed by atoms with Gasteiger partial charge in [-0.05, 0) is 55.4 Å². The van der Waals surface area contributed by atoms with E-state index in [4.69, 9.17) is 19.2 Å². The van der Waals surface area contributed by atoms with E-state index in [1.165, 1.54) is 0 Å². The summed E-state index contributed by atoms with van der Waals surface area (Å²) < 4.78 is 17.4. The van der Waals surface area contributed by atoms with Gasteiger partial charge in [-0.25, -0.2) is 4.98 Å². The van der Waals surface area contributed by atoms with Crippen molar-refractivity contribution in [3.63, 3.8) is 0 Å². The highest BCUT2D eigenvalue weighted by Gasteiger charge is 2.46. The van der Waals surface area contributed by atoms with E-state index in [0.29, 0.717) is 18.8 Å². The molecule has 10 heteroatoms. The number of thiazole rings is 1. The third kappa shape index (κ3) is 6.55. The van der Waals surface area contributed by atoms with E-state index in [1.54, 1.807) is 18.4 Å². The number of anilines is 1. The molecule has 2 saturated heterocycles. The Morgan fingerprint density at radius 3 is 2.74 bits per heavy atom. The molecule has 43 heavy (non-hydrogen) atoms. The molecule has 0 radical (unpaired) electrons. The maximum absolute atomic E-state index is 11.8. The predicted molar refractivity (Wildman–Crippen MR) is 164 cm³/mol. The molecule has 2 unspecified atom stereocenters. The number of aromatic nitrogens is 1. The molecule has 1 aromatic heterocycles. The fourth-order valence-electron chi connectivity index (χ4n) is 6.86. The van der Waals surface area contributed by atoms with Crippen LogP contribution in [-0.2, 0) is 27.4 Å². The van der Waals surface area contributed by atoms with Crippen molar-refractivity contribution in [2.75, 3.05) is 51.4 Å². The Morgan fingerprint density at radius 1 is 1.19 bits per heavy atom. The normalized spacial score (nSPS) is 23.7. The molecule has 0 amide bonds. The quantitative estimate of drug-likeness (QED) is 0.344. The van der Waals surface area contributed by atoms with E-state index in [2.05, 4.69) is 33.4 Å². The number of nitrogens with zero attached hydrogens (tertiary/aromatic N) is 4. The van der Waals surface area contributed by atoms with Crippen molar-refractivity contribution in [3.05, 3.63) is 64.0 Å². The van der Waals surface area contributed by atoms with Gasteiger partial charge in [0.2, 0.25) is 0 Å². The van der Waals surface area contributed by atoms with Crippen molar-refractivity contribution in [3.8, 4) is 23.1 Å². The van der Waals surface area contributed by atoms with Gasteiger partial charge >= 0.3 is 5.97 Å². The lowest BCUT2D eigenvalue weighted by atomic mass is 9.85. The van der Waals surface area contributed by atoms with Gasteiger partial charge in [0.25, 0.3) is 0 Å². The Labute approximate surface area is 256 Å². The van der Waals surface area contributed by atoms with Gasteiger partial charge in [0.05, 0.1) is 42.6 Å². The van der Waals surface area contributed by atoms with Crippen LogP contribution in [0.2, 0.25) is 0 Å². The molecule has 3 aliphatic rings. The second kappa shape index (κ2) is 13.0. The number of carbonyl (C=O) groups is 1. The Balaban J connectivity index is 1.14. The third-order valence-corrected chi connectivity index (χ3v) is 9.85. The maximum atomic E-state index is 11.8. The smallest absolute Gasteiger partial charge is 0.307 e. The summed E-state index contributed by atoms with van der Waals surface area (Å²) in [5, 5.41) is 22.6. The van der Waals surface area contributed by atoms with Crippen molar-refractivity contribution < 1.29 is 24.1 Å². The molecule has 3 aromatic rings. The van der Waals surface area contributed by atoms with Crippen molar-refractivity contribution >= 4 is 22.4 Å². The Hall–Kier alpha value is -3.49. The molecule has 3 fully saturated rings. The van der Waals surface area contributed by atoms with Crippen molar-refractivity contribution in [2.24, 2.45) is 17.8 Å². The predicted octanol–water partition coefficient (Wildman–Crippen LogP) is 4.96. The topological polar surface area (TPSA) is 108 Å². The second-order valence-corrected chi connectivity index (χ2v) is 12.8. The number of methoxy groups -OCH3 is 1. The summed E-state index contributed by atoms with van der Waals surface area (Å²) in [4.78, 5) is 21.4. The molecule has 1 aliphatic carbocycles. The molecule has 1 saturated carbocycles. The first-order chi connectivity index (χ1) is 20.9. The molecule has 226 valence electrons. The Bertz CT molecular complexity index is 1490. The Kier molecular flexibility index (Phi) is 8.96. The molecular formula is C33H38N4O5S. The van der Waals surface area contributed by atoms with Gasteiger partial charge in [0.15, 0.2) is 5.13 Å². The van der Waals surface area contributed by atoms with Crippen LogP contribution < -0.4 is 9.64 Å². The largest absolute Gasteiger partial charge is 0.488 e. The molecule has 9 nitrogen and oxygen atoms in total. The summed E-state index contributed by atoms with van der Waals surface area (Å²) in [6.45, 7) is 7.46. The molecule has 4 atom stereocenters. The van der Waals surface area contributed by atoms with Crippen molar-refractivity contribution in [1.29, 1.82) is 5.26 Å².